The first kappa shape index (κ1) is 31.9. The maximum atomic E-state index is 12.8. The van der Waals surface area contributed by atoms with Gasteiger partial charge in [-0.1, -0.05) is 74.4 Å². The summed E-state index contributed by atoms with van der Waals surface area (Å²) in [5.41, 5.74) is 1.82. The third kappa shape index (κ3) is 11.2. The molecule has 2 aromatic rings. The smallest absolute Gasteiger partial charge is 0.336 e. The molecule has 0 saturated heterocycles. The lowest BCUT2D eigenvalue weighted by Gasteiger charge is -2.17. The second kappa shape index (κ2) is 16.0. The van der Waals surface area contributed by atoms with Crippen LogP contribution in [-0.2, 0) is 38.1 Å². The molecule has 0 radical (unpaired) electrons. The fourth-order valence-corrected chi connectivity index (χ4v) is 5.64. The second-order valence-corrected chi connectivity index (χ2v) is 12.6. The van der Waals surface area contributed by atoms with Crippen LogP contribution in [0.3, 0.4) is 0 Å². The first-order chi connectivity index (χ1) is 18.0. The average Bonchev–Trinajstić information content (AvgIpc) is 2.87. The van der Waals surface area contributed by atoms with Gasteiger partial charge >= 0.3 is 5.97 Å². The third-order valence-corrected chi connectivity index (χ3v) is 8.63. The monoisotopic (exact) mass is 568 g/mol. The Hall–Kier alpha value is -2.27. The predicted molar refractivity (Wildman–Crippen MR) is 146 cm³/mol. The van der Waals surface area contributed by atoms with Gasteiger partial charge in [-0.05, 0) is 63.8 Å². The number of carbonyl (C=O) groups excluding carboxylic acids is 1. The Morgan fingerprint density at radius 2 is 1.18 bits per heavy atom. The summed E-state index contributed by atoms with van der Waals surface area (Å²) in [7, 11) is -8.11. The first-order valence-electron chi connectivity index (χ1n) is 13.2. The Morgan fingerprint density at radius 3 is 1.76 bits per heavy atom. The topological polar surface area (TPSA) is 113 Å². The molecule has 0 aliphatic carbocycles. The van der Waals surface area contributed by atoms with E-state index in [1.165, 1.54) is 30.7 Å². The summed E-state index contributed by atoms with van der Waals surface area (Å²) in [4.78, 5) is 12.7. The van der Waals surface area contributed by atoms with Crippen molar-refractivity contribution in [2.75, 3.05) is 13.2 Å². The van der Waals surface area contributed by atoms with Crippen molar-refractivity contribution in [2.45, 2.75) is 94.5 Å². The van der Waals surface area contributed by atoms with Gasteiger partial charge in [0.25, 0.3) is 20.2 Å². The van der Waals surface area contributed by atoms with Gasteiger partial charge in [-0.3, -0.25) is 8.37 Å². The minimum Gasteiger partial charge on any atom is -0.464 e. The van der Waals surface area contributed by atoms with Crippen LogP contribution in [0.15, 0.2) is 58.3 Å². The van der Waals surface area contributed by atoms with Crippen molar-refractivity contribution in [1.82, 2.24) is 0 Å². The van der Waals surface area contributed by atoms with Crippen LogP contribution >= 0.6 is 0 Å². The predicted octanol–water partition coefficient (Wildman–Crippen LogP) is 5.86. The number of hydrogen-bond donors (Lipinski definition) is 0. The normalized spacial score (nSPS) is 12.8. The molecule has 212 valence electrons. The average molecular weight is 569 g/mol. The van der Waals surface area contributed by atoms with Gasteiger partial charge in [-0.25, -0.2) is 4.79 Å². The maximum Gasteiger partial charge on any atom is 0.336 e. The Kier molecular flexibility index (Phi) is 13.4. The number of aryl methyl sites for hydroxylation is 2. The highest BCUT2D eigenvalue weighted by atomic mass is 32.2. The molecule has 0 heterocycles. The maximum absolute atomic E-state index is 12.8. The van der Waals surface area contributed by atoms with Gasteiger partial charge in [-0.15, -0.1) is 0 Å². The van der Waals surface area contributed by atoms with Crippen molar-refractivity contribution in [1.29, 1.82) is 0 Å². The van der Waals surface area contributed by atoms with E-state index in [4.69, 9.17) is 13.1 Å². The molecule has 0 amide bonds. The second-order valence-electron chi connectivity index (χ2n) is 9.37. The number of benzene rings is 2. The van der Waals surface area contributed by atoms with Crippen LogP contribution in [0.5, 0.6) is 0 Å². The highest BCUT2D eigenvalue weighted by Crippen LogP contribution is 2.20. The largest absolute Gasteiger partial charge is 0.464 e. The van der Waals surface area contributed by atoms with E-state index < -0.39 is 32.3 Å². The molecule has 0 aliphatic heterocycles. The molecule has 0 bridgehead atoms. The van der Waals surface area contributed by atoms with Crippen LogP contribution in [0.4, 0.5) is 0 Å². The van der Waals surface area contributed by atoms with Crippen molar-refractivity contribution in [2.24, 2.45) is 0 Å². The van der Waals surface area contributed by atoms with Crippen molar-refractivity contribution in [3.63, 3.8) is 0 Å². The van der Waals surface area contributed by atoms with E-state index in [2.05, 4.69) is 6.92 Å². The molecule has 0 aliphatic rings. The number of esters is 1. The highest BCUT2D eigenvalue weighted by Gasteiger charge is 2.28. The summed E-state index contributed by atoms with van der Waals surface area (Å²) >= 11 is 0. The standard InChI is InChI=1S/C28H40O8S2/c1-4-5-6-7-8-10-21-34-28(29)27(36-38(32,33)26-19-15-24(3)16-20-26)12-9-11-22-35-37(30,31)25-17-13-23(2)14-18-25/h13-20,27H,4-12,21-22H2,1-3H3. The van der Waals surface area contributed by atoms with Crippen molar-refractivity contribution >= 4 is 26.2 Å². The number of rotatable bonds is 18. The molecule has 2 aromatic carbocycles. The minimum atomic E-state index is -4.20. The quantitative estimate of drug-likeness (QED) is 0.125. The van der Waals surface area contributed by atoms with E-state index in [0.29, 0.717) is 12.8 Å². The highest BCUT2D eigenvalue weighted by molar-refractivity contribution is 7.87. The fourth-order valence-electron chi connectivity index (χ4n) is 3.64. The van der Waals surface area contributed by atoms with Crippen LogP contribution in [0.25, 0.3) is 0 Å². The molecule has 0 spiro atoms. The fraction of sp³-hybridized carbons (Fsp3) is 0.536. The number of carbonyl (C=O) groups is 1. The van der Waals surface area contributed by atoms with Crippen LogP contribution in [-0.4, -0.2) is 42.1 Å². The van der Waals surface area contributed by atoms with E-state index >= 15 is 0 Å². The summed E-state index contributed by atoms with van der Waals surface area (Å²) < 4.78 is 66.0. The lowest BCUT2D eigenvalue weighted by molar-refractivity contribution is -0.152. The molecular formula is C28H40O8S2. The zero-order valence-electron chi connectivity index (χ0n) is 22.6. The van der Waals surface area contributed by atoms with Gasteiger partial charge < -0.3 is 4.74 Å². The zero-order valence-corrected chi connectivity index (χ0v) is 24.2. The Bertz CT molecular complexity index is 1190. The zero-order chi connectivity index (χ0) is 28.0. The molecule has 0 saturated carbocycles. The Balaban J connectivity index is 1.93. The van der Waals surface area contributed by atoms with Crippen LogP contribution in [0.1, 0.15) is 75.8 Å². The summed E-state index contributed by atoms with van der Waals surface area (Å²) in [5.74, 6) is -0.748. The summed E-state index contributed by atoms with van der Waals surface area (Å²) in [6, 6.07) is 12.5. The van der Waals surface area contributed by atoms with Crippen LogP contribution in [0, 0.1) is 13.8 Å². The molecule has 10 heteroatoms. The Morgan fingerprint density at radius 1 is 0.684 bits per heavy atom. The van der Waals surface area contributed by atoms with Gasteiger partial charge in [0.15, 0.2) is 6.10 Å². The van der Waals surface area contributed by atoms with E-state index in [1.807, 2.05) is 13.8 Å². The molecule has 2 rings (SSSR count). The molecule has 1 atom stereocenters. The van der Waals surface area contributed by atoms with E-state index in [-0.39, 0.29) is 35.8 Å². The summed E-state index contributed by atoms with van der Waals surface area (Å²) in [6.45, 7) is 5.91. The van der Waals surface area contributed by atoms with E-state index in [1.54, 1.807) is 24.3 Å². The third-order valence-electron chi connectivity index (χ3n) is 5.97. The van der Waals surface area contributed by atoms with Crippen LogP contribution in [0.2, 0.25) is 0 Å². The molecule has 0 aromatic heterocycles. The van der Waals surface area contributed by atoms with Crippen molar-refractivity contribution in [3.05, 3.63) is 59.7 Å². The molecule has 1 unspecified atom stereocenters. The molecular weight excluding hydrogens is 528 g/mol. The van der Waals surface area contributed by atoms with Gasteiger partial charge in [0.1, 0.15) is 0 Å². The minimum absolute atomic E-state index is 0.0361. The Labute approximate surface area is 227 Å². The van der Waals surface area contributed by atoms with Gasteiger partial charge in [-0.2, -0.15) is 16.8 Å². The number of ether oxygens (including phenoxy) is 1. The molecule has 0 N–H and O–H groups in total. The van der Waals surface area contributed by atoms with E-state index in [0.717, 1.165) is 36.8 Å². The first-order valence-corrected chi connectivity index (χ1v) is 16.0. The molecule has 0 fully saturated rings. The van der Waals surface area contributed by atoms with Crippen molar-refractivity contribution < 1.29 is 34.7 Å². The van der Waals surface area contributed by atoms with Crippen LogP contribution < -0.4 is 0 Å². The molecule has 8 nitrogen and oxygen atoms in total. The number of hydrogen-bond acceptors (Lipinski definition) is 8. The van der Waals surface area contributed by atoms with Crippen molar-refractivity contribution in [3.8, 4) is 0 Å². The van der Waals surface area contributed by atoms with Gasteiger partial charge in [0.05, 0.1) is 23.0 Å². The lowest BCUT2D eigenvalue weighted by Crippen LogP contribution is -2.30. The SMILES string of the molecule is CCCCCCCCOC(=O)C(CCCCOS(=O)(=O)c1ccc(C)cc1)OS(=O)(=O)c1ccc(C)cc1. The lowest BCUT2D eigenvalue weighted by atomic mass is 10.1. The van der Waals surface area contributed by atoms with E-state index in [9.17, 15) is 21.6 Å². The summed E-state index contributed by atoms with van der Waals surface area (Å²) in [6.07, 6.45) is 5.39. The molecule has 38 heavy (non-hydrogen) atoms. The van der Waals surface area contributed by atoms with Gasteiger partial charge in [0, 0.05) is 0 Å². The van der Waals surface area contributed by atoms with Gasteiger partial charge in [0.2, 0.25) is 0 Å². The summed E-state index contributed by atoms with van der Waals surface area (Å²) in [5, 5.41) is 0. The number of unbranched alkanes of at least 4 members (excludes halogenated alkanes) is 6.